The highest BCUT2D eigenvalue weighted by Gasteiger charge is 2.18. The first kappa shape index (κ1) is 24.7. The van der Waals surface area contributed by atoms with Crippen LogP contribution in [0.4, 0.5) is 0 Å². The zero-order valence-electron chi connectivity index (χ0n) is 19.8. The van der Waals surface area contributed by atoms with Crippen LogP contribution in [0, 0.1) is 25.2 Å². The van der Waals surface area contributed by atoms with Crippen molar-refractivity contribution in [2.75, 3.05) is 6.54 Å². The summed E-state index contributed by atoms with van der Waals surface area (Å²) >= 11 is 6.13. The van der Waals surface area contributed by atoms with Gasteiger partial charge in [0.05, 0.1) is 0 Å². The van der Waals surface area contributed by atoms with Crippen molar-refractivity contribution in [1.29, 1.82) is 5.26 Å². The Morgan fingerprint density at radius 1 is 1.14 bits per heavy atom. The molecule has 0 aliphatic carbocycles. The van der Waals surface area contributed by atoms with Gasteiger partial charge in [0.2, 0.25) is 5.88 Å². The summed E-state index contributed by atoms with van der Waals surface area (Å²) in [5.41, 5.74) is 2.31. The fourth-order valence-electron chi connectivity index (χ4n) is 3.64. The van der Waals surface area contributed by atoms with E-state index in [2.05, 4.69) is 10.3 Å². The highest BCUT2D eigenvalue weighted by atomic mass is 35.5. The zero-order chi connectivity index (χ0) is 25.7. The highest BCUT2D eigenvalue weighted by Crippen LogP contribution is 2.27. The number of halogens is 1. The van der Waals surface area contributed by atoms with E-state index in [1.807, 2.05) is 56.3 Å². The van der Waals surface area contributed by atoms with E-state index in [9.17, 15) is 14.9 Å². The van der Waals surface area contributed by atoms with Gasteiger partial charge in [-0.3, -0.25) is 14.0 Å². The minimum Gasteiger partial charge on any atom is -0.438 e. The number of fused-ring (bicyclic) bond motifs is 1. The molecule has 2 aromatic heterocycles. The second-order valence-corrected chi connectivity index (χ2v) is 8.60. The third-order valence-electron chi connectivity index (χ3n) is 5.59. The number of carbonyl (C=O) groups excluding carboxylic acids is 1. The first-order chi connectivity index (χ1) is 17.4. The highest BCUT2D eigenvalue weighted by molar-refractivity contribution is 6.31. The Balaban J connectivity index is 1.71. The summed E-state index contributed by atoms with van der Waals surface area (Å²) in [7, 11) is 0. The second kappa shape index (κ2) is 10.9. The van der Waals surface area contributed by atoms with Crippen molar-refractivity contribution in [2.45, 2.75) is 20.3 Å². The molecule has 0 saturated carbocycles. The van der Waals surface area contributed by atoms with E-state index >= 15 is 0 Å². The molecule has 0 atom stereocenters. The van der Waals surface area contributed by atoms with Crippen LogP contribution in [0.15, 0.2) is 77.2 Å². The molecule has 1 amide bonds. The lowest BCUT2D eigenvalue weighted by Crippen LogP contribution is -2.27. The number of aromatic nitrogens is 2. The minimum atomic E-state index is -0.588. The maximum absolute atomic E-state index is 13.4. The van der Waals surface area contributed by atoms with Gasteiger partial charge in [0.25, 0.3) is 11.5 Å². The van der Waals surface area contributed by atoms with Gasteiger partial charge in [-0.2, -0.15) is 10.2 Å². The number of nitriles is 1. The number of nitrogens with zero attached hydrogens (tertiary/aromatic N) is 3. The van der Waals surface area contributed by atoms with Crippen LogP contribution >= 0.6 is 11.6 Å². The van der Waals surface area contributed by atoms with E-state index in [0.29, 0.717) is 29.4 Å². The molecule has 4 rings (SSSR count). The average Bonchev–Trinajstić information content (AvgIpc) is 2.87. The van der Waals surface area contributed by atoms with Gasteiger partial charge in [-0.25, -0.2) is 0 Å². The quantitative estimate of drug-likeness (QED) is 0.285. The number of amides is 1. The van der Waals surface area contributed by atoms with Crippen molar-refractivity contribution >= 4 is 29.2 Å². The molecule has 1 N–H and O–H groups in total. The van der Waals surface area contributed by atoms with Crippen LogP contribution < -0.4 is 15.6 Å². The maximum Gasteiger partial charge on any atom is 0.269 e. The molecule has 0 bridgehead atoms. The minimum absolute atomic E-state index is 0.0131. The lowest BCUT2D eigenvalue weighted by molar-refractivity contribution is -0.117. The van der Waals surface area contributed by atoms with Crippen LogP contribution in [0.25, 0.3) is 11.7 Å². The molecule has 36 heavy (non-hydrogen) atoms. The first-order valence-corrected chi connectivity index (χ1v) is 11.6. The number of hydrogen-bond acceptors (Lipinski definition) is 5. The van der Waals surface area contributed by atoms with Crippen molar-refractivity contribution < 1.29 is 9.53 Å². The summed E-state index contributed by atoms with van der Waals surface area (Å²) in [6, 6.07) is 20.2. The molecule has 180 valence electrons. The summed E-state index contributed by atoms with van der Waals surface area (Å²) in [6.07, 6.45) is 3.41. The largest absolute Gasteiger partial charge is 0.438 e. The summed E-state index contributed by atoms with van der Waals surface area (Å²) in [5, 5.41) is 13.0. The first-order valence-electron chi connectivity index (χ1n) is 11.3. The average molecular weight is 499 g/mol. The van der Waals surface area contributed by atoms with E-state index < -0.39 is 11.5 Å². The van der Waals surface area contributed by atoms with E-state index in [4.69, 9.17) is 16.3 Å². The van der Waals surface area contributed by atoms with E-state index in [-0.39, 0.29) is 17.0 Å². The van der Waals surface area contributed by atoms with Crippen LogP contribution in [0.1, 0.15) is 22.3 Å². The van der Waals surface area contributed by atoms with Crippen LogP contribution in [-0.2, 0) is 11.2 Å². The fraction of sp³-hybridized carbons (Fsp3) is 0.143. The Labute approximate surface area is 213 Å². The molecule has 0 aliphatic heterocycles. The number of hydrogen-bond donors (Lipinski definition) is 1. The van der Waals surface area contributed by atoms with Gasteiger partial charge < -0.3 is 10.1 Å². The Bertz CT molecular complexity index is 1570. The predicted molar refractivity (Wildman–Crippen MR) is 139 cm³/mol. The molecule has 0 aliphatic rings. The molecule has 0 spiro atoms. The molecule has 4 aromatic rings. The molecular weight excluding hydrogens is 476 g/mol. The van der Waals surface area contributed by atoms with E-state index in [1.165, 1.54) is 10.5 Å². The molecule has 2 aromatic carbocycles. The number of rotatable bonds is 7. The third-order valence-corrected chi connectivity index (χ3v) is 6.01. The van der Waals surface area contributed by atoms with Gasteiger partial charge in [-0.05, 0) is 67.3 Å². The standard InChI is InChI=1S/C28H23ClN4O3/c1-18-7-6-14-33-25(18)32-27(36-22-10-11-24(29)19(2)15-22)23(28(33)35)16-21(17-30)26(34)31-13-12-20-8-4-3-5-9-20/h3-11,14-16H,12-13H2,1-2H3,(H,31,34)/b21-16+. The molecular formula is C28H23ClN4O3. The van der Waals surface area contributed by atoms with E-state index in [0.717, 1.165) is 16.7 Å². The molecule has 0 unspecified atom stereocenters. The SMILES string of the molecule is Cc1cc(Oc2nc3c(C)cccn3c(=O)c2/C=C(\C#N)C(=O)NCCc2ccccc2)ccc1Cl. The smallest absolute Gasteiger partial charge is 0.269 e. The number of benzene rings is 2. The Morgan fingerprint density at radius 3 is 2.64 bits per heavy atom. The summed E-state index contributed by atoms with van der Waals surface area (Å²) in [5.74, 6) is -0.182. The Hall–Kier alpha value is -4.41. The predicted octanol–water partition coefficient (Wildman–Crippen LogP) is 5.02. The van der Waals surface area contributed by atoms with Crippen LogP contribution in [0.2, 0.25) is 5.02 Å². The van der Waals surface area contributed by atoms with Crippen LogP contribution in [-0.4, -0.2) is 21.8 Å². The molecule has 2 heterocycles. The number of ether oxygens (including phenoxy) is 1. The Kier molecular flexibility index (Phi) is 7.47. The molecule has 0 saturated heterocycles. The second-order valence-electron chi connectivity index (χ2n) is 8.19. The lowest BCUT2D eigenvalue weighted by atomic mass is 10.1. The Morgan fingerprint density at radius 2 is 1.92 bits per heavy atom. The number of pyridine rings is 1. The van der Waals surface area contributed by atoms with Crippen molar-refractivity contribution in [3.05, 3.63) is 110 Å². The lowest BCUT2D eigenvalue weighted by Gasteiger charge is -2.12. The third kappa shape index (κ3) is 5.45. The van der Waals surface area contributed by atoms with Crippen molar-refractivity contribution in [1.82, 2.24) is 14.7 Å². The van der Waals surface area contributed by atoms with E-state index in [1.54, 1.807) is 30.5 Å². The van der Waals surface area contributed by atoms with Crippen LogP contribution in [0.3, 0.4) is 0 Å². The van der Waals surface area contributed by atoms with Gasteiger partial charge in [-0.1, -0.05) is 48.0 Å². The summed E-state index contributed by atoms with van der Waals surface area (Å²) in [4.78, 5) is 30.7. The van der Waals surface area contributed by atoms with Crippen molar-refractivity contribution in [2.24, 2.45) is 0 Å². The fourth-order valence-corrected chi connectivity index (χ4v) is 3.76. The van der Waals surface area contributed by atoms with Gasteiger partial charge in [0.15, 0.2) is 0 Å². The number of carbonyl (C=O) groups is 1. The normalized spacial score (nSPS) is 11.2. The van der Waals surface area contributed by atoms with Crippen LogP contribution in [0.5, 0.6) is 11.6 Å². The zero-order valence-corrected chi connectivity index (χ0v) is 20.5. The molecule has 0 fully saturated rings. The molecule has 0 radical (unpaired) electrons. The van der Waals surface area contributed by atoms with Gasteiger partial charge in [0, 0.05) is 17.8 Å². The summed E-state index contributed by atoms with van der Waals surface area (Å²) in [6.45, 7) is 3.99. The molecule has 8 heteroatoms. The number of nitrogens with one attached hydrogen (secondary N) is 1. The van der Waals surface area contributed by atoms with Gasteiger partial charge >= 0.3 is 0 Å². The topological polar surface area (TPSA) is 96.5 Å². The van der Waals surface area contributed by atoms with Crippen molar-refractivity contribution in [3.8, 4) is 17.7 Å². The van der Waals surface area contributed by atoms with Gasteiger partial charge in [-0.15, -0.1) is 0 Å². The monoisotopic (exact) mass is 498 g/mol. The maximum atomic E-state index is 13.4. The summed E-state index contributed by atoms with van der Waals surface area (Å²) < 4.78 is 7.35. The number of aryl methyl sites for hydroxylation is 2. The van der Waals surface area contributed by atoms with Crippen molar-refractivity contribution in [3.63, 3.8) is 0 Å². The van der Waals surface area contributed by atoms with Gasteiger partial charge in [0.1, 0.15) is 28.6 Å². The molecule has 7 nitrogen and oxygen atoms in total.